The van der Waals surface area contributed by atoms with Crippen LogP contribution in [0.2, 0.25) is 0 Å². The van der Waals surface area contributed by atoms with Gasteiger partial charge in [0.1, 0.15) is 0 Å². The second-order valence-electron chi connectivity index (χ2n) is 3.57. The van der Waals surface area contributed by atoms with Gasteiger partial charge in [0.2, 0.25) is 0 Å². The quantitative estimate of drug-likeness (QED) is 0.298. The first kappa shape index (κ1) is 9.42. The van der Waals surface area contributed by atoms with E-state index in [1.807, 2.05) is 0 Å². The lowest BCUT2D eigenvalue weighted by molar-refractivity contribution is -0.298. The lowest BCUT2D eigenvalue weighted by atomic mass is 10.1. The third-order valence-electron chi connectivity index (χ3n) is 2.49. The summed E-state index contributed by atoms with van der Waals surface area (Å²) in [5, 5.41) is 17.9. The molecule has 0 aromatic heterocycles. The van der Waals surface area contributed by atoms with Crippen molar-refractivity contribution in [2.75, 3.05) is 0 Å². The molecule has 0 unspecified atom stereocenters. The Morgan fingerprint density at radius 2 is 1.43 bits per heavy atom. The van der Waals surface area contributed by atoms with Gasteiger partial charge in [-0.1, -0.05) is 0 Å². The minimum absolute atomic E-state index is 0.417. The fourth-order valence-corrected chi connectivity index (χ4v) is 1.70. The number of rotatable bonds is 0. The van der Waals surface area contributed by atoms with Crippen molar-refractivity contribution in [2.45, 2.75) is 37.3 Å². The van der Waals surface area contributed by atoms with Crippen LogP contribution in [-0.4, -0.2) is 33.7 Å². The van der Waals surface area contributed by atoms with Crippen LogP contribution in [0.1, 0.15) is 25.7 Å². The zero-order chi connectivity index (χ0) is 10.4. The van der Waals surface area contributed by atoms with Crippen LogP contribution in [0.5, 0.6) is 0 Å². The maximum absolute atomic E-state index is 11.1. The highest BCUT2D eigenvalue weighted by atomic mass is 16.8. The van der Waals surface area contributed by atoms with Gasteiger partial charge in [-0.15, -0.1) is 0 Å². The Balaban J connectivity index is 2.23. The van der Waals surface area contributed by atoms with E-state index in [2.05, 4.69) is 0 Å². The maximum Gasteiger partial charge on any atom is 0.382 e. The van der Waals surface area contributed by atoms with E-state index in [0.29, 0.717) is 12.8 Å². The normalized spacial score (nSPS) is 28.7. The van der Waals surface area contributed by atoms with Gasteiger partial charge < -0.3 is 19.7 Å². The fourth-order valence-electron chi connectivity index (χ4n) is 1.70. The highest BCUT2D eigenvalue weighted by Crippen LogP contribution is 2.38. The van der Waals surface area contributed by atoms with Crippen LogP contribution in [0.15, 0.2) is 0 Å². The van der Waals surface area contributed by atoms with E-state index in [9.17, 15) is 9.59 Å². The lowest BCUT2D eigenvalue weighted by Gasteiger charge is -2.36. The lowest BCUT2D eigenvalue weighted by Crippen LogP contribution is -2.59. The monoisotopic (exact) mass is 202 g/mol. The molecule has 0 bridgehead atoms. The first-order chi connectivity index (χ1) is 6.46. The van der Waals surface area contributed by atoms with Crippen molar-refractivity contribution in [3.63, 3.8) is 0 Å². The molecule has 1 spiro atoms. The minimum Gasteiger partial charge on any atom is -0.418 e. The summed E-state index contributed by atoms with van der Waals surface area (Å²) in [5.41, 5.74) is 0. The second-order valence-corrected chi connectivity index (χ2v) is 3.57. The third kappa shape index (κ3) is 1.18. The highest BCUT2D eigenvalue weighted by Gasteiger charge is 2.58. The molecule has 2 N–H and O–H groups in total. The first-order valence-electron chi connectivity index (χ1n) is 4.38. The molecule has 0 atom stereocenters. The minimum atomic E-state index is -3.14. The van der Waals surface area contributed by atoms with E-state index in [0.717, 1.165) is 12.8 Å². The molecule has 1 saturated heterocycles. The Hall–Kier alpha value is -1.14. The van der Waals surface area contributed by atoms with Crippen molar-refractivity contribution < 1.29 is 29.3 Å². The summed E-state index contributed by atoms with van der Waals surface area (Å²) in [7, 11) is 0. The van der Waals surface area contributed by atoms with Crippen LogP contribution < -0.4 is 0 Å². The summed E-state index contributed by atoms with van der Waals surface area (Å²) < 4.78 is 9.48. The molecule has 2 fully saturated rings. The van der Waals surface area contributed by atoms with Gasteiger partial charge in [0.15, 0.2) is 0 Å². The standard InChI is InChI=1S/C8H10O6/c9-5-8(11,12)6(10)14-7(13-5)3-1-2-4-7/h11-12H,1-4H2. The molecule has 1 heterocycles. The van der Waals surface area contributed by atoms with Gasteiger partial charge in [-0.3, -0.25) is 0 Å². The van der Waals surface area contributed by atoms with Crippen molar-refractivity contribution in [3.8, 4) is 0 Å². The molecule has 78 valence electrons. The fraction of sp³-hybridized carbons (Fsp3) is 0.750. The summed E-state index contributed by atoms with van der Waals surface area (Å²) in [5.74, 6) is -7.09. The van der Waals surface area contributed by atoms with Crippen LogP contribution in [0, 0.1) is 0 Å². The van der Waals surface area contributed by atoms with Crippen molar-refractivity contribution in [2.24, 2.45) is 0 Å². The molecule has 1 aliphatic heterocycles. The Morgan fingerprint density at radius 3 is 1.86 bits per heavy atom. The Labute approximate surface area is 79.4 Å². The number of aliphatic hydroxyl groups is 2. The van der Waals surface area contributed by atoms with Crippen LogP contribution in [0.25, 0.3) is 0 Å². The van der Waals surface area contributed by atoms with Crippen LogP contribution >= 0.6 is 0 Å². The summed E-state index contributed by atoms with van der Waals surface area (Å²) in [6.07, 6.45) is 2.40. The van der Waals surface area contributed by atoms with Gasteiger partial charge in [-0.05, 0) is 12.8 Å². The molecule has 2 rings (SSSR count). The molecule has 1 saturated carbocycles. The predicted octanol–water partition coefficient (Wildman–Crippen LogP) is -0.962. The summed E-state index contributed by atoms with van der Waals surface area (Å²) in [6.45, 7) is 0. The maximum atomic E-state index is 11.1. The van der Waals surface area contributed by atoms with Crippen molar-refractivity contribution >= 4 is 11.9 Å². The molecule has 1 aliphatic carbocycles. The zero-order valence-electron chi connectivity index (χ0n) is 7.36. The zero-order valence-corrected chi connectivity index (χ0v) is 7.36. The van der Waals surface area contributed by atoms with Crippen LogP contribution in [0.3, 0.4) is 0 Å². The summed E-state index contributed by atoms with van der Waals surface area (Å²) in [4.78, 5) is 22.1. The van der Waals surface area contributed by atoms with Gasteiger partial charge in [0, 0.05) is 12.8 Å². The largest absolute Gasteiger partial charge is 0.418 e. The molecular weight excluding hydrogens is 192 g/mol. The Morgan fingerprint density at radius 1 is 1.00 bits per heavy atom. The average molecular weight is 202 g/mol. The number of hydrogen-bond donors (Lipinski definition) is 2. The van der Waals surface area contributed by atoms with Gasteiger partial charge in [-0.25, -0.2) is 9.59 Å². The highest BCUT2D eigenvalue weighted by molar-refractivity contribution is 6.02. The van der Waals surface area contributed by atoms with Crippen molar-refractivity contribution in [1.82, 2.24) is 0 Å². The number of ether oxygens (including phenoxy) is 2. The second kappa shape index (κ2) is 2.68. The van der Waals surface area contributed by atoms with Crippen molar-refractivity contribution in [1.29, 1.82) is 0 Å². The molecule has 0 aromatic carbocycles. The van der Waals surface area contributed by atoms with Gasteiger partial charge >= 0.3 is 17.7 Å². The van der Waals surface area contributed by atoms with Crippen LogP contribution in [0.4, 0.5) is 0 Å². The Kier molecular flexibility index (Phi) is 1.80. The third-order valence-corrected chi connectivity index (χ3v) is 2.49. The first-order valence-corrected chi connectivity index (χ1v) is 4.38. The molecule has 0 radical (unpaired) electrons. The molecule has 14 heavy (non-hydrogen) atoms. The van der Waals surface area contributed by atoms with Gasteiger partial charge in [-0.2, -0.15) is 0 Å². The molecule has 0 amide bonds. The van der Waals surface area contributed by atoms with E-state index in [-0.39, 0.29) is 0 Å². The van der Waals surface area contributed by atoms with E-state index < -0.39 is 23.5 Å². The predicted molar refractivity (Wildman–Crippen MR) is 40.6 cm³/mol. The number of esters is 2. The van der Waals surface area contributed by atoms with E-state index in [1.54, 1.807) is 0 Å². The van der Waals surface area contributed by atoms with Crippen molar-refractivity contribution in [3.05, 3.63) is 0 Å². The molecular formula is C8H10O6. The number of hydrogen-bond acceptors (Lipinski definition) is 6. The average Bonchev–Trinajstić information content (AvgIpc) is 2.50. The van der Waals surface area contributed by atoms with Crippen LogP contribution in [-0.2, 0) is 19.1 Å². The number of carbonyl (C=O) groups excluding carboxylic acids is 2. The van der Waals surface area contributed by atoms with Gasteiger partial charge in [0.25, 0.3) is 5.79 Å². The molecule has 6 nitrogen and oxygen atoms in total. The molecule has 2 aliphatic rings. The number of carbonyl (C=O) groups is 2. The summed E-state index contributed by atoms with van der Waals surface area (Å²) >= 11 is 0. The molecule has 0 aromatic rings. The molecule has 6 heteroatoms. The topological polar surface area (TPSA) is 93.1 Å². The van der Waals surface area contributed by atoms with E-state index in [1.165, 1.54) is 0 Å². The Bertz CT molecular complexity index is 266. The van der Waals surface area contributed by atoms with Gasteiger partial charge in [0.05, 0.1) is 0 Å². The van der Waals surface area contributed by atoms with E-state index >= 15 is 0 Å². The summed E-state index contributed by atoms with van der Waals surface area (Å²) in [6, 6.07) is 0. The SMILES string of the molecule is O=C1OC2(CCCC2)OC(=O)C1(O)O. The smallest absolute Gasteiger partial charge is 0.382 e. The van der Waals surface area contributed by atoms with E-state index in [4.69, 9.17) is 19.7 Å².